The Hall–Kier alpha value is -3.94. The van der Waals surface area contributed by atoms with Crippen LogP contribution < -0.4 is 14.8 Å². The Balaban J connectivity index is 1.97. The number of rotatable bonds is 6. The molecule has 0 aromatic heterocycles. The summed E-state index contributed by atoms with van der Waals surface area (Å²) in [5, 5.41) is 22.2. The quantitative estimate of drug-likeness (QED) is 0.515. The van der Waals surface area contributed by atoms with Crippen LogP contribution >= 0.6 is 0 Å². The number of hydrogen-bond acceptors (Lipinski definition) is 7. The highest BCUT2D eigenvalue weighted by atomic mass is 16.5. The number of aromatic hydroxyl groups is 1. The zero-order valence-electron chi connectivity index (χ0n) is 15.1. The Labute approximate surface area is 160 Å². The number of carboxylic acid groups (broad SMARTS) is 1. The first kappa shape index (κ1) is 18.8. The van der Waals surface area contributed by atoms with Crippen LogP contribution in [-0.2, 0) is 14.3 Å². The third kappa shape index (κ3) is 3.61. The lowest BCUT2D eigenvalue weighted by atomic mass is 10.1. The van der Waals surface area contributed by atoms with Crippen LogP contribution in [0.15, 0.2) is 59.7 Å². The lowest BCUT2D eigenvalue weighted by molar-refractivity contribution is -0.134. The summed E-state index contributed by atoms with van der Waals surface area (Å²) in [6.45, 7) is 0. The van der Waals surface area contributed by atoms with Gasteiger partial charge in [-0.05, 0) is 35.9 Å². The molecule has 0 spiro atoms. The molecule has 0 bridgehead atoms. The molecular formula is C20H17NO7. The second-order valence-corrected chi connectivity index (χ2v) is 5.71. The summed E-state index contributed by atoms with van der Waals surface area (Å²) in [5.41, 5.74) is 0.478. The normalized spacial score (nSPS) is 14.8. The highest BCUT2D eigenvalue weighted by Gasteiger charge is 2.36. The van der Waals surface area contributed by atoms with Gasteiger partial charge in [0.2, 0.25) is 17.4 Å². The van der Waals surface area contributed by atoms with Gasteiger partial charge >= 0.3 is 5.97 Å². The fourth-order valence-corrected chi connectivity index (χ4v) is 2.61. The minimum atomic E-state index is -1.41. The third-order valence-corrected chi connectivity index (χ3v) is 3.94. The minimum Gasteiger partial charge on any atom is -0.502 e. The molecule has 3 rings (SSSR count). The van der Waals surface area contributed by atoms with Crippen LogP contribution in [0.1, 0.15) is 5.56 Å². The van der Waals surface area contributed by atoms with E-state index in [4.69, 9.17) is 14.2 Å². The molecule has 1 heterocycles. The van der Waals surface area contributed by atoms with Gasteiger partial charge in [0.25, 0.3) is 0 Å². The summed E-state index contributed by atoms with van der Waals surface area (Å²) < 4.78 is 15.6. The number of aliphatic carboxylic acids is 1. The topological polar surface area (TPSA) is 114 Å². The monoisotopic (exact) mass is 383 g/mol. The number of methoxy groups -OCH3 is 2. The van der Waals surface area contributed by atoms with Crippen LogP contribution in [0.3, 0.4) is 0 Å². The summed E-state index contributed by atoms with van der Waals surface area (Å²) in [5.74, 6) is -2.49. The minimum absolute atomic E-state index is 0.130. The number of Topliss-reactive ketones (excluding diaryl/α,β-unsaturated/α-hetero) is 1. The van der Waals surface area contributed by atoms with Crippen molar-refractivity contribution in [2.24, 2.45) is 0 Å². The molecule has 2 aromatic rings. The van der Waals surface area contributed by atoms with Crippen LogP contribution in [0, 0.1) is 0 Å². The van der Waals surface area contributed by atoms with Crippen LogP contribution in [0.25, 0.3) is 6.08 Å². The van der Waals surface area contributed by atoms with E-state index in [0.717, 1.165) is 0 Å². The molecule has 28 heavy (non-hydrogen) atoms. The van der Waals surface area contributed by atoms with Gasteiger partial charge in [-0.3, -0.25) is 4.79 Å². The van der Waals surface area contributed by atoms with E-state index < -0.39 is 17.3 Å². The Morgan fingerprint density at radius 1 is 1.11 bits per heavy atom. The van der Waals surface area contributed by atoms with E-state index in [-0.39, 0.29) is 28.9 Å². The molecule has 0 atom stereocenters. The third-order valence-electron chi connectivity index (χ3n) is 3.94. The van der Waals surface area contributed by atoms with E-state index in [9.17, 15) is 19.8 Å². The largest absolute Gasteiger partial charge is 0.502 e. The number of hydrogen-bond donors (Lipinski definition) is 3. The smallest absolute Gasteiger partial charge is 0.345 e. The summed E-state index contributed by atoms with van der Waals surface area (Å²) in [6.07, 6.45) is 1.34. The fraction of sp³-hybridized carbons (Fsp3) is 0.100. The summed E-state index contributed by atoms with van der Waals surface area (Å²) >= 11 is 0. The molecule has 0 amide bonds. The molecular weight excluding hydrogens is 366 g/mol. The standard InChI is InChI=1S/C20H17NO7/c1-26-13-8-11(9-14(27-2)17(13)22)10-15-18(23)16(20(24)25)19(28-15)21-12-6-4-3-5-7-12/h3-10,21-22H,1-2H3,(H,24,25)/b15-10-. The lowest BCUT2D eigenvalue weighted by Gasteiger charge is -2.10. The molecule has 0 radical (unpaired) electrons. The first-order valence-corrected chi connectivity index (χ1v) is 8.13. The fourth-order valence-electron chi connectivity index (χ4n) is 2.61. The molecule has 0 saturated heterocycles. The molecule has 0 unspecified atom stereocenters. The number of ether oxygens (including phenoxy) is 3. The number of phenols is 1. The van der Waals surface area contributed by atoms with Crippen LogP contribution in [-0.4, -0.2) is 36.2 Å². The van der Waals surface area contributed by atoms with E-state index in [1.807, 2.05) is 0 Å². The van der Waals surface area contributed by atoms with E-state index >= 15 is 0 Å². The molecule has 0 aliphatic carbocycles. The lowest BCUT2D eigenvalue weighted by Crippen LogP contribution is -2.12. The van der Waals surface area contributed by atoms with Gasteiger partial charge in [0, 0.05) is 5.69 Å². The first-order chi connectivity index (χ1) is 13.4. The number of phenolic OH excluding ortho intramolecular Hbond substituents is 1. The maximum Gasteiger partial charge on any atom is 0.345 e. The van der Waals surface area contributed by atoms with Crippen molar-refractivity contribution in [1.29, 1.82) is 0 Å². The van der Waals surface area contributed by atoms with Crippen molar-refractivity contribution in [3.63, 3.8) is 0 Å². The van der Waals surface area contributed by atoms with Gasteiger partial charge in [0.1, 0.15) is 0 Å². The van der Waals surface area contributed by atoms with Gasteiger partial charge in [0.05, 0.1) is 14.2 Å². The molecule has 144 valence electrons. The molecule has 2 aromatic carbocycles. The Morgan fingerprint density at radius 2 is 1.71 bits per heavy atom. The van der Waals surface area contributed by atoms with E-state index in [2.05, 4.69) is 5.32 Å². The average molecular weight is 383 g/mol. The molecule has 3 N–H and O–H groups in total. The summed E-state index contributed by atoms with van der Waals surface area (Å²) in [4.78, 5) is 24.1. The van der Waals surface area contributed by atoms with E-state index in [1.54, 1.807) is 30.3 Å². The second-order valence-electron chi connectivity index (χ2n) is 5.71. The number of carboxylic acids is 1. The molecule has 8 nitrogen and oxygen atoms in total. The van der Waals surface area contributed by atoms with Gasteiger partial charge < -0.3 is 29.7 Å². The zero-order chi connectivity index (χ0) is 20.3. The Kier molecular flexibility index (Phi) is 5.21. The van der Waals surface area contributed by atoms with Gasteiger partial charge in [-0.25, -0.2) is 4.79 Å². The molecule has 1 aliphatic rings. The molecule has 1 aliphatic heterocycles. The number of anilines is 1. The average Bonchev–Trinajstić information content (AvgIpc) is 2.98. The zero-order valence-corrected chi connectivity index (χ0v) is 15.1. The van der Waals surface area contributed by atoms with Crippen molar-refractivity contribution in [3.8, 4) is 17.2 Å². The number of ketones is 1. The van der Waals surface area contributed by atoms with Gasteiger partial charge in [-0.2, -0.15) is 0 Å². The summed E-state index contributed by atoms with van der Waals surface area (Å²) in [7, 11) is 2.74. The predicted octanol–water partition coefficient (Wildman–Crippen LogP) is 2.76. The van der Waals surface area contributed by atoms with Gasteiger partial charge in [-0.15, -0.1) is 0 Å². The van der Waals surface area contributed by atoms with Crippen molar-refractivity contribution >= 4 is 23.5 Å². The number of para-hydroxylation sites is 1. The Bertz CT molecular complexity index is 968. The molecule has 8 heteroatoms. The second kappa shape index (κ2) is 7.75. The van der Waals surface area contributed by atoms with Crippen LogP contribution in [0.2, 0.25) is 0 Å². The maximum atomic E-state index is 12.5. The van der Waals surface area contributed by atoms with Crippen molar-refractivity contribution in [2.75, 3.05) is 19.5 Å². The summed E-state index contributed by atoms with van der Waals surface area (Å²) in [6, 6.07) is 11.7. The SMILES string of the molecule is COc1cc(/C=C2\OC(Nc3ccccc3)=C(C(=O)O)C2=O)cc(OC)c1O. The molecule has 0 fully saturated rings. The number of carbonyl (C=O) groups excluding carboxylic acids is 1. The Morgan fingerprint density at radius 3 is 2.25 bits per heavy atom. The highest BCUT2D eigenvalue weighted by molar-refractivity contribution is 6.26. The maximum absolute atomic E-state index is 12.5. The van der Waals surface area contributed by atoms with Crippen molar-refractivity contribution in [1.82, 2.24) is 0 Å². The van der Waals surface area contributed by atoms with Gasteiger partial charge in [-0.1, -0.05) is 18.2 Å². The number of nitrogens with one attached hydrogen (secondary N) is 1. The van der Waals surface area contributed by atoms with Crippen molar-refractivity contribution in [2.45, 2.75) is 0 Å². The number of carbonyl (C=O) groups is 2. The van der Waals surface area contributed by atoms with E-state index in [0.29, 0.717) is 11.3 Å². The van der Waals surface area contributed by atoms with Gasteiger partial charge in [0.15, 0.2) is 22.8 Å². The highest BCUT2D eigenvalue weighted by Crippen LogP contribution is 2.38. The number of benzene rings is 2. The molecule has 0 saturated carbocycles. The first-order valence-electron chi connectivity index (χ1n) is 8.13. The van der Waals surface area contributed by atoms with Crippen molar-refractivity contribution in [3.05, 3.63) is 65.2 Å². The van der Waals surface area contributed by atoms with Crippen molar-refractivity contribution < 1.29 is 34.0 Å². The van der Waals surface area contributed by atoms with Crippen LogP contribution in [0.5, 0.6) is 17.2 Å². The van der Waals surface area contributed by atoms with Crippen LogP contribution in [0.4, 0.5) is 5.69 Å². The predicted molar refractivity (Wildman–Crippen MR) is 100 cm³/mol. The number of allylic oxidation sites excluding steroid dienone is 1. The van der Waals surface area contributed by atoms with E-state index in [1.165, 1.54) is 32.4 Å².